The molecule has 3 aromatic carbocycles. The number of halogens is 3. The summed E-state index contributed by atoms with van der Waals surface area (Å²) in [5.41, 5.74) is 7.72. The van der Waals surface area contributed by atoms with Crippen LogP contribution in [0, 0.1) is 6.92 Å². The van der Waals surface area contributed by atoms with Gasteiger partial charge in [0, 0.05) is 17.0 Å². The molecule has 284 valence electrons. The minimum Gasteiger partial charge on any atom is -1.00 e. The van der Waals surface area contributed by atoms with Crippen molar-refractivity contribution < 1.29 is 33.8 Å². The molecular weight excluding hydrogens is 677 g/mol. The summed E-state index contributed by atoms with van der Waals surface area (Å²) in [5.74, 6) is 0.581. The second-order valence-corrected chi connectivity index (χ2v) is 12.8. The number of quaternary nitrogens is 2. The van der Waals surface area contributed by atoms with E-state index in [4.69, 9.17) is 11.6 Å². The Hall–Kier alpha value is -2.11. The van der Waals surface area contributed by atoms with E-state index in [0.29, 0.717) is 5.88 Å². The number of rotatable bonds is 16. The molecule has 0 radical (unpaired) electrons. The highest BCUT2D eigenvalue weighted by Gasteiger charge is 2.21. The number of aryl methyl sites for hydroxylation is 1. The van der Waals surface area contributed by atoms with Gasteiger partial charge in [0.15, 0.2) is 0 Å². The average Bonchev–Trinajstić information content (AvgIpc) is 3.15. The smallest absolute Gasteiger partial charge is 0.104 e. The van der Waals surface area contributed by atoms with E-state index in [1.165, 1.54) is 96.7 Å². The fourth-order valence-corrected chi connectivity index (χ4v) is 5.83. The number of hydrogen-bond acceptors (Lipinski definition) is 1. The van der Waals surface area contributed by atoms with Crippen molar-refractivity contribution in [2.45, 2.75) is 88.2 Å². The molecule has 0 bridgehead atoms. The van der Waals surface area contributed by atoms with Gasteiger partial charge in [-0.3, -0.25) is 0 Å². The third-order valence-corrected chi connectivity index (χ3v) is 10.4. The van der Waals surface area contributed by atoms with Crippen LogP contribution in [0.5, 0.6) is 0 Å². The summed E-state index contributed by atoms with van der Waals surface area (Å²) in [6, 6.07) is 25.7. The molecule has 0 saturated heterocycles. The first kappa shape index (κ1) is 52.3. The van der Waals surface area contributed by atoms with Crippen LogP contribution in [0.1, 0.15) is 95.7 Å². The maximum atomic E-state index is 5.60. The SMILES string of the molecule is C=Cc1ccc(CCl)cc1.C=Cc1ccc(C[N+](CC)(CC)CC)cc1.CCN(CC)CC.CC[N+](CC)(CC)Cc1ccc(C)cc1.[Cl-].[Cl-]. The molecule has 0 amide bonds. The van der Waals surface area contributed by atoms with Gasteiger partial charge < -0.3 is 38.7 Å². The molecule has 0 spiro atoms. The Kier molecular flexibility index (Phi) is 31.9. The Morgan fingerprint density at radius 3 is 1.00 bits per heavy atom. The van der Waals surface area contributed by atoms with E-state index in [0.717, 1.165) is 17.7 Å². The Labute approximate surface area is 327 Å². The molecule has 6 heteroatoms. The Bertz CT molecular complexity index is 1190. The van der Waals surface area contributed by atoms with Crippen molar-refractivity contribution in [2.75, 3.05) is 58.9 Å². The van der Waals surface area contributed by atoms with E-state index < -0.39 is 0 Å². The summed E-state index contributed by atoms with van der Waals surface area (Å²) in [6.07, 6.45) is 3.71. The highest BCUT2D eigenvalue weighted by atomic mass is 35.5. The summed E-state index contributed by atoms with van der Waals surface area (Å²) in [7, 11) is 0. The lowest BCUT2D eigenvalue weighted by molar-refractivity contribution is -0.936. The Balaban J connectivity index is -0.000000606. The van der Waals surface area contributed by atoms with Gasteiger partial charge >= 0.3 is 0 Å². The maximum Gasteiger partial charge on any atom is 0.104 e. The van der Waals surface area contributed by atoms with Crippen LogP contribution in [-0.2, 0) is 19.0 Å². The minimum absolute atomic E-state index is 0. The zero-order valence-corrected chi connectivity index (χ0v) is 35.7. The van der Waals surface area contributed by atoms with Gasteiger partial charge in [0.05, 0.1) is 39.3 Å². The van der Waals surface area contributed by atoms with Crippen LogP contribution in [-0.4, -0.2) is 72.8 Å². The van der Waals surface area contributed by atoms with Crippen molar-refractivity contribution >= 4 is 23.8 Å². The molecule has 3 rings (SSSR count). The van der Waals surface area contributed by atoms with Crippen molar-refractivity contribution in [1.29, 1.82) is 0 Å². The molecule has 0 aromatic heterocycles. The predicted octanol–water partition coefficient (Wildman–Crippen LogP) is 5.50. The van der Waals surface area contributed by atoms with E-state index in [1.54, 1.807) is 0 Å². The van der Waals surface area contributed by atoms with Gasteiger partial charge in [0.25, 0.3) is 0 Å². The first-order valence-electron chi connectivity index (χ1n) is 18.5. The van der Waals surface area contributed by atoms with Crippen LogP contribution < -0.4 is 24.8 Å². The molecule has 0 atom stereocenters. The summed E-state index contributed by atoms with van der Waals surface area (Å²) < 4.78 is 2.37. The molecule has 0 aliphatic heterocycles. The molecule has 50 heavy (non-hydrogen) atoms. The van der Waals surface area contributed by atoms with Gasteiger partial charge in [-0.2, -0.15) is 0 Å². The second kappa shape index (κ2) is 30.5. The first-order valence-corrected chi connectivity index (χ1v) is 19.1. The lowest BCUT2D eigenvalue weighted by Gasteiger charge is -2.35. The summed E-state index contributed by atoms with van der Waals surface area (Å²) >= 11 is 5.60. The average molecular weight is 749 g/mol. The minimum atomic E-state index is 0. The topological polar surface area (TPSA) is 3.24 Å². The highest BCUT2D eigenvalue weighted by Crippen LogP contribution is 2.16. The molecule has 3 aromatic rings. The van der Waals surface area contributed by atoms with E-state index in [2.05, 4.69) is 136 Å². The number of nitrogens with zero attached hydrogens (tertiary/aromatic N) is 3. The van der Waals surface area contributed by atoms with Crippen LogP contribution in [0.4, 0.5) is 0 Å². The van der Waals surface area contributed by atoms with Gasteiger partial charge in [-0.1, -0.05) is 124 Å². The normalized spacial score (nSPS) is 10.5. The molecular formula is C44H72Cl3N3. The predicted molar refractivity (Wildman–Crippen MR) is 218 cm³/mol. The summed E-state index contributed by atoms with van der Waals surface area (Å²) in [6.45, 7) is 43.0. The van der Waals surface area contributed by atoms with E-state index in [9.17, 15) is 0 Å². The molecule has 0 aliphatic carbocycles. The maximum absolute atomic E-state index is 5.60. The van der Waals surface area contributed by atoms with Gasteiger partial charge in [0.1, 0.15) is 13.1 Å². The Morgan fingerprint density at radius 1 is 0.500 bits per heavy atom. The lowest BCUT2D eigenvalue weighted by atomic mass is 10.1. The van der Waals surface area contributed by atoms with E-state index >= 15 is 0 Å². The molecule has 0 unspecified atom stereocenters. The van der Waals surface area contributed by atoms with Crippen molar-refractivity contribution in [3.05, 3.63) is 119 Å². The molecule has 0 saturated carbocycles. The van der Waals surface area contributed by atoms with Crippen molar-refractivity contribution in [3.63, 3.8) is 0 Å². The first-order chi connectivity index (χ1) is 23.1. The fourth-order valence-electron chi connectivity index (χ4n) is 5.65. The lowest BCUT2D eigenvalue weighted by Crippen LogP contribution is -3.00. The third kappa shape index (κ3) is 20.1. The quantitative estimate of drug-likeness (QED) is 0.138. The largest absolute Gasteiger partial charge is 1.00 e. The number of benzene rings is 3. The van der Waals surface area contributed by atoms with Crippen molar-refractivity contribution in [3.8, 4) is 0 Å². The van der Waals surface area contributed by atoms with Crippen LogP contribution in [0.2, 0.25) is 0 Å². The molecule has 0 aliphatic rings. The number of hydrogen-bond donors (Lipinski definition) is 0. The van der Waals surface area contributed by atoms with Crippen LogP contribution in [0.25, 0.3) is 12.2 Å². The zero-order valence-electron chi connectivity index (χ0n) is 33.5. The second-order valence-electron chi connectivity index (χ2n) is 12.5. The van der Waals surface area contributed by atoms with Gasteiger partial charge in [0.2, 0.25) is 0 Å². The molecule has 0 fully saturated rings. The van der Waals surface area contributed by atoms with Gasteiger partial charge in [-0.25, -0.2) is 0 Å². The van der Waals surface area contributed by atoms with E-state index in [-0.39, 0.29) is 24.8 Å². The summed E-state index contributed by atoms with van der Waals surface area (Å²) in [4.78, 5) is 2.38. The molecule has 3 nitrogen and oxygen atoms in total. The fraction of sp³-hybridized carbons (Fsp3) is 0.500. The van der Waals surface area contributed by atoms with Gasteiger partial charge in [-0.15, -0.1) is 11.6 Å². The van der Waals surface area contributed by atoms with E-state index in [1.807, 2.05) is 36.4 Å². The van der Waals surface area contributed by atoms with Crippen LogP contribution >= 0.6 is 11.6 Å². The van der Waals surface area contributed by atoms with Crippen LogP contribution in [0.3, 0.4) is 0 Å². The summed E-state index contributed by atoms with van der Waals surface area (Å²) in [5, 5.41) is 0. The standard InChI is InChI=1S/C15H24N.C14H24N.C9H9Cl.C6H15N.2ClH/c1-5-14-9-11-15(12-10-14)13-16(6-2,7-3)8-4;1-5-15(6-2,7-3)12-14-10-8-13(4)9-11-14;1-2-8-3-5-9(7-10)6-4-8;1-4-7(5-2)6-3;;/h5,9-12H,1,6-8,13H2,2-4H3;8-11H,5-7,12H2,1-4H3;2-6H,1,7H2;4-6H2,1-3H3;2*1H/q2*+1;;;;/p-2. The Morgan fingerprint density at radius 2 is 0.780 bits per heavy atom. The van der Waals surface area contributed by atoms with Crippen molar-refractivity contribution in [2.24, 2.45) is 0 Å². The molecule has 0 N–H and O–H groups in total. The van der Waals surface area contributed by atoms with Crippen molar-refractivity contribution in [1.82, 2.24) is 4.90 Å². The zero-order chi connectivity index (χ0) is 36.4. The monoisotopic (exact) mass is 747 g/mol. The number of alkyl halides is 1. The molecule has 0 heterocycles. The third-order valence-electron chi connectivity index (χ3n) is 10.1. The highest BCUT2D eigenvalue weighted by molar-refractivity contribution is 6.17. The van der Waals surface area contributed by atoms with Crippen LogP contribution in [0.15, 0.2) is 86.0 Å². The van der Waals surface area contributed by atoms with Gasteiger partial charge in [-0.05, 0) is 84.8 Å².